The molecule has 0 atom stereocenters. The van der Waals surface area contributed by atoms with Crippen LogP contribution in [0.4, 0.5) is 5.69 Å². The van der Waals surface area contributed by atoms with E-state index in [-0.39, 0.29) is 23.1 Å². The first-order valence-corrected chi connectivity index (χ1v) is 7.38. The van der Waals surface area contributed by atoms with E-state index in [1.54, 1.807) is 6.92 Å². The Hall–Kier alpha value is -2.04. The van der Waals surface area contributed by atoms with Gasteiger partial charge in [0.25, 0.3) is 5.69 Å². The first kappa shape index (κ1) is 15.4. The number of benzene rings is 1. The Morgan fingerprint density at radius 1 is 1.48 bits per heavy atom. The maximum atomic E-state index is 12.1. The van der Waals surface area contributed by atoms with Gasteiger partial charge in [-0.25, -0.2) is 13.1 Å². The van der Waals surface area contributed by atoms with Crippen LogP contribution in [0.3, 0.4) is 0 Å². The molecule has 112 valence electrons. The number of halogens is 1. The number of sulfonamides is 1. The van der Waals surface area contributed by atoms with Crippen molar-refractivity contribution < 1.29 is 17.9 Å². The van der Waals surface area contributed by atoms with Crippen molar-refractivity contribution in [3.63, 3.8) is 0 Å². The van der Waals surface area contributed by atoms with Crippen LogP contribution in [0, 0.1) is 17.0 Å². The van der Waals surface area contributed by atoms with Gasteiger partial charge in [-0.1, -0.05) is 16.8 Å². The first-order chi connectivity index (χ1) is 9.79. The summed E-state index contributed by atoms with van der Waals surface area (Å²) in [6.45, 7) is 1.33. The number of aromatic nitrogens is 2. The molecular weight excluding hydrogens is 324 g/mol. The summed E-state index contributed by atoms with van der Waals surface area (Å²) in [4.78, 5) is 13.4. The van der Waals surface area contributed by atoms with Crippen LogP contribution in [0.2, 0.25) is 5.02 Å². The molecule has 0 spiro atoms. The van der Waals surface area contributed by atoms with Crippen LogP contribution in [0.5, 0.6) is 0 Å². The van der Waals surface area contributed by atoms with Gasteiger partial charge >= 0.3 is 0 Å². The van der Waals surface area contributed by atoms with Crippen molar-refractivity contribution in [3.8, 4) is 0 Å². The molecule has 0 aliphatic rings. The molecule has 11 heteroatoms. The van der Waals surface area contributed by atoms with Crippen molar-refractivity contribution in [3.05, 3.63) is 45.1 Å². The zero-order valence-corrected chi connectivity index (χ0v) is 12.2. The molecule has 0 fully saturated rings. The van der Waals surface area contributed by atoms with Gasteiger partial charge in [-0.15, -0.1) is 0 Å². The van der Waals surface area contributed by atoms with Gasteiger partial charge in [0, 0.05) is 12.1 Å². The van der Waals surface area contributed by atoms with Gasteiger partial charge in [-0.3, -0.25) is 10.1 Å². The SMILES string of the molecule is Cc1noc(CNS(=O)(=O)c2cc([N+](=O)[O-])ccc2Cl)n1. The standard InChI is InChI=1S/C10H9ClN4O5S/c1-6-13-10(20-14-6)5-12-21(18,19)9-4-7(15(16)17)2-3-8(9)11/h2-4,12H,5H2,1H3. The summed E-state index contributed by atoms with van der Waals surface area (Å²) >= 11 is 5.78. The average Bonchev–Trinajstić information content (AvgIpc) is 2.82. The van der Waals surface area contributed by atoms with E-state index >= 15 is 0 Å². The Bertz CT molecular complexity index is 788. The van der Waals surface area contributed by atoms with Crippen molar-refractivity contribution in [2.45, 2.75) is 18.4 Å². The van der Waals surface area contributed by atoms with Crippen LogP contribution in [0.15, 0.2) is 27.6 Å². The molecule has 21 heavy (non-hydrogen) atoms. The summed E-state index contributed by atoms with van der Waals surface area (Å²) in [6.07, 6.45) is 0. The number of nitro groups is 1. The summed E-state index contributed by atoms with van der Waals surface area (Å²) in [7, 11) is -4.05. The molecule has 9 nitrogen and oxygen atoms in total. The molecule has 0 radical (unpaired) electrons. The Morgan fingerprint density at radius 3 is 2.76 bits per heavy atom. The van der Waals surface area contributed by atoms with Crippen LogP contribution in [0.1, 0.15) is 11.7 Å². The molecule has 0 unspecified atom stereocenters. The molecule has 1 aromatic carbocycles. The summed E-state index contributed by atoms with van der Waals surface area (Å²) in [5.74, 6) is 0.426. The van der Waals surface area contributed by atoms with Crippen LogP contribution >= 0.6 is 11.6 Å². The number of aryl methyl sites for hydroxylation is 1. The smallest absolute Gasteiger partial charge is 0.270 e. The predicted molar refractivity (Wildman–Crippen MR) is 71.2 cm³/mol. The number of nitrogens with zero attached hydrogens (tertiary/aromatic N) is 3. The molecule has 1 aromatic heterocycles. The Labute approximate surface area is 124 Å². The van der Waals surface area contributed by atoms with Gasteiger partial charge in [-0.05, 0) is 13.0 Å². The van der Waals surface area contributed by atoms with E-state index in [1.807, 2.05) is 0 Å². The lowest BCUT2D eigenvalue weighted by Gasteiger charge is -2.06. The molecular formula is C10H9ClN4O5S. The largest absolute Gasteiger partial charge is 0.338 e. The molecule has 0 saturated carbocycles. The lowest BCUT2D eigenvalue weighted by molar-refractivity contribution is -0.385. The summed E-state index contributed by atoms with van der Waals surface area (Å²) in [6, 6.07) is 3.14. The van der Waals surface area contributed by atoms with E-state index < -0.39 is 19.8 Å². The minimum absolute atomic E-state index is 0.0672. The highest BCUT2D eigenvalue weighted by molar-refractivity contribution is 7.89. The third kappa shape index (κ3) is 3.54. The Balaban J connectivity index is 2.26. The van der Waals surface area contributed by atoms with Gasteiger partial charge in [0.05, 0.1) is 16.5 Å². The van der Waals surface area contributed by atoms with Crippen LogP contribution in [-0.4, -0.2) is 23.5 Å². The van der Waals surface area contributed by atoms with E-state index in [4.69, 9.17) is 16.1 Å². The zero-order valence-electron chi connectivity index (χ0n) is 10.6. The van der Waals surface area contributed by atoms with Gasteiger partial charge in [0.2, 0.25) is 15.9 Å². The second kappa shape index (κ2) is 5.76. The third-order valence-corrected chi connectivity index (χ3v) is 4.28. The minimum Gasteiger partial charge on any atom is -0.338 e. The topological polar surface area (TPSA) is 128 Å². The van der Waals surface area contributed by atoms with Crippen LogP contribution < -0.4 is 4.72 Å². The van der Waals surface area contributed by atoms with E-state index in [1.165, 1.54) is 0 Å². The van der Waals surface area contributed by atoms with Crippen molar-refractivity contribution in [1.29, 1.82) is 0 Å². The maximum absolute atomic E-state index is 12.1. The highest BCUT2D eigenvalue weighted by Crippen LogP contribution is 2.26. The Morgan fingerprint density at radius 2 is 2.19 bits per heavy atom. The van der Waals surface area contributed by atoms with E-state index in [2.05, 4.69) is 14.9 Å². The van der Waals surface area contributed by atoms with Crippen molar-refractivity contribution >= 4 is 27.3 Å². The van der Waals surface area contributed by atoms with E-state index in [0.717, 1.165) is 18.2 Å². The number of rotatable bonds is 5. The second-order valence-electron chi connectivity index (χ2n) is 3.93. The number of nitrogens with one attached hydrogen (secondary N) is 1. The van der Waals surface area contributed by atoms with Gasteiger partial charge in [0.1, 0.15) is 4.90 Å². The van der Waals surface area contributed by atoms with Crippen molar-refractivity contribution in [2.75, 3.05) is 0 Å². The average molecular weight is 333 g/mol. The lowest BCUT2D eigenvalue weighted by atomic mass is 10.3. The van der Waals surface area contributed by atoms with Gasteiger partial charge < -0.3 is 4.52 Å². The molecule has 0 amide bonds. The van der Waals surface area contributed by atoms with Crippen molar-refractivity contribution in [1.82, 2.24) is 14.9 Å². The van der Waals surface area contributed by atoms with Gasteiger partial charge in [-0.2, -0.15) is 4.98 Å². The quantitative estimate of drug-likeness (QED) is 0.647. The van der Waals surface area contributed by atoms with Crippen LogP contribution in [0.25, 0.3) is 0 Å². The minimum atomic E-state index is -4.05. The summed E-state index contributed by atoms with van der Waals surface area (Å²) < 4.78 is 31.1. The zero-order chi connectivity index (χ0) is 15.6. The maximum Gasteiger partial charge on any atom is 0.270 e. The van der Waals surface area contributed by atoms with Crippen molar-refractivity contribution in [2.24, 2.45) is 0 Å². The fourth-order valence-corrected chi connectivity index (χ4v) is 2.95. The van der Waals surface area contributed by atoms with E-state index in [9.17, 15) is 18.5 Å². The predicted octanol–water partition coefficient (Wildman–Crippen LogP) is 1.42. The summed E-state index contributed by atoms with van der Waals surface area (Å²) in [5.41, 5.74) is -0.381. The highest BCUT2D eigenvalue weighted by Gasteiger charge is 2.22. The first-order valence-electron chi connectivity index (χ1n) is 5.52. The normalized spacial score (nSPS) is 11.5. The molecule has 0 saturated heterocycles. The Kier molecular flexibility index (Phi) is 4.21. The monoisotopic (exact) mass is 332 g/mol. The number of hydrogen-bond acceptors (Lipinski definition) is 7. The summed E-state index contributed by atoms with van der Waals surface area (Å²) in [5, 5.41) is 14.1. The second-order valence-corrected chi connectivity index (χ2v) is 6.07. The molecule has 1 N–H and O–H groups in total. The molecule has 2 aromatic rings. The highest BCUT2D eigenvalue weighted by atomic mass is 35.5. The molecule has 1 heterocycles. The molecule has 0 aliphatic heterocycles. The van der Waals surface area contributed by atoms with E-state index in [0.29, 0.717) is 5.82 Å². The van der Waals surface area contributed by atoms with Gasteiger partial charge in [0.15, 0.2) is 5.82 Å². The fourth-order valence-electron chi connectivity index (χ4n) is 1.46. The molecule has 0 bridgehead atoms. The number of nitro benzene ring substituents is 1. The molecule has 2 rings (SSSR count). The number of non-ortho nitro benzene ring substituents is 1. The fraction of sp³-hybridized carbons (Fsp3) is 0.200. The lowest BCUT2D eigenvalue weighted by Crippen LogP contribution is -2.23. The van der Waals surface area contributed by atoms with Crippen LogP contribution in [-0.2, 0) is 16.6 Å². The molecule has 0 aliphatic carbocycles. The third-order valence-electron chi connectivity index (χ3n) is 2.40. The number of hydrogen-bond donors (Lipinski definition) is 1.